The fourth-order valence-corrected chi connectivity index (χ4v) is 3.99. The molecule has 2 atom stereocenters. The number of aliphatic hydroxyl groups is 1. The average Bonchev–Trinajstić information content (AvgIpc) is 3.32. The van der Waals surface area contributed by atoms with Gasteiger partial charge in [0.2, 0.25) is 0 Å². The maximum atomic E-state index is 9.35. The van der Waals surface area contributed by atoms with Crippen LogP contribution in [0.1, 0.15) is 35.5 Å². The van der Waals surface area contributed by atoms with Crippen molar-refractivity contribution >= 4 is 17.3 Å². The second-order valence-corrected chi connectivity index (χ2v) is 7.28. The zero-order valence-corrected chi connectivity index (χ0v) is 16.5. The average molecular weight is 394 g/mol. The van der Waals surface area contributed by atoms with Crippen LogP contribution >= 0.6 is 12.2 Å². The molecule has 6 nitrogen and oxygen atoms in total. The molecule has 28 heavy (non-hydrogen) atoms. The molecule has 1 saturated heterocycles. The van der Waals surface area contributed by atoms with Gasteiger partial charge in [-0.15, -0.1) is 0 Å². The molecule has 7 heteroatoms. The van der Waals surface area contributed by atoms with E-state index in [4.69, 9.17) is 12.2 Å². The van der Waals surface area contributed by atoms with Crippen LogP contribution in [0.2, 0.25) is 0 Å². The van der Waals surface area contributed by atoms with Crippen LogP contribution in [0.25, 0.3) is 5.82 Å². The molecule has 1 aliphatic rings. The first kappa shape index (κ1) is 18.6. The number of hydrogen-bond donors (Lipinski definition) is 2. The van der Waals surface area contributed by atoms with Crippen molar-refractivity contribution in [2.45, 2.75) is 25.4 Å². The van der Waals surface area contributed by atoms with Gasteiger partial charge >= 0.3 is 0 Å². The molecule has 0 amide bonds. The summed E-state index contributed by atoms with van der Waals surface area (Å²) < 4.78 is 2.10. The molecule has 3 aromatic heterocycles. The minimum absolute atomic E-state index is 0.0490. The molecule has 0 radical (unpaired) electrons. The maximum absolute atomic E-state index is 9.35. The van der Waals surface area contributed by atoms with Crippen molar-refractivity contribution in [1.29, 1.82) is 0 Å². The van der Waals surface area contributed by atoms with Crippen LogP contribution < -0.4 is 5.32 Å². The highest BCUT2D eigenvalue weighted by molar-refractivity contribution is 7.80. The number of aliphatic hydroxyl groups excluding tert-OH is 1. The first-order chi connectivity index (χ1) is 13.7. The molecule has 3 aromatic rings. The summed E-state index contributed by atoms with van der Waals surface area (Å²) in [4.78, 5) is 11.3. The molecule has 1 aliphatic heterocycles. The molecule has 0 aliphatic carbocycles. The number of aromatic nitrogens is 3. The topological polar surface area (TPSA) is 66.2 Å². The van der Waals surface area contributed by atoms with Crippen molar-refractivity contribution in [3.05, 3.63) is 78.0 Å². The molecule has 2 N–H and O–H groups in total. The Bertz CT molecular complexity index is 941. The molecule has 1 fully saturated rings. The van der Waals surface area contributed by atoms with Gasteiger partial charge in [-0.05, 0) is 61.5 Å². The van der Waals surface area contributed by atoms with E-state index < -0.39 is 0 Å². The SMILES string of the molecule is Cc1ccc(-n2cccc2[C@@H]2[C@@H](c3ccccn3)NC(=S)N2CCCO)nc1. The summed E-state index contributed by atoms with van der Waals surface area (Å²) in [5.74, 6) is 0.866. The van der Waals surface area contributed by atoms with Gasteiger partial charge in [0.15, 0.2) is 5.11 Å². The van der Waals surface area contributed by atoms with E-state index in [-0.39, 0.29) is 18.7 Å². The fraction of sp³-hybridized carbons (Fsp3) is 0.286. The number of rotatable bonds is 6. The van der Waals surface area contributed by atoms with Crippen molar-refractivity contribution in [2.75, 3.05) is 13.2 Å². The number of pyridine rings is 2. The third-order valence-electron chi connectivity index (χ3n) is 4.98. The Morgan fingerprint density at radius 1 is 1.14 bits per heavy atom. The lowest BCUT2D eigenvalue weighted by molar-refractivity contribution is 0.244. The summed E-state index contributed by atoms with van der Waals surface area (Å²) in [6.07, 6.45) is 6.34. The number of aryl methyl sites for hydroxylation is 1. The summed E-state index contributed by atoms with van der Waals surface area (Å²) in [6, 6.07) is 14.0. The second kappa shape index (κ2) is 8.08. The largest absolute Gasteiger partial charge is 0.396 e. The quantitative estimate of drug-likeness (QED) is 0.628. The van der Waals surface area contributed by atoms with E-state index in [2.05, 4.69) is 36.9 Å². The molecule has 0 spiro atoms. The Labute approximate surface area is 169 Å². The molecule has 0 unspecified atom stereocenters. The van der Waals surface area contributed by atoms with Gasteiger partial charge in [-0.3, -0.25) is 4.98 Å². The Kier molecular flexibility index (Phi) is 5.36. The smallest absolute Gasteiger partial charge is 0.170 e. The third kappa shape index (κ3) is 3.50. The van der Waals surface area contributed by atoms with Crippen molar-refractivity contribution in [3.8, 4) is 5.82 Å². The van der Waals surface area contributed by atoms with E-state index in [0.717, 1.165) is 22.8 Å². The van der Waals surface area contributed by atoms with E-state index in [1.807, 2.05) is 49.6 Å². The van der Waals surface area contributed by atoms with E-state index in [0.29, 0.717) is 18.1 Å². The Hall–Kier alpha value is -2.77. The summed E-state index contributed by atoms with van der Waals surface area (Å²) >= 11 is 5.64. The lowest BCUT2D eigenvalue weighted by Crippen LogP contribution is -2.31. The van der Waals surface area contributed by atoms with Crippen LogP contribution in [0.15, 0.2) is 61.1 Å². The summed E-state index contributed by atoms with van der Waals surface area (Å²) in [7, 11) is 0. The Morgan fingerprint density at radius 2 is 2.04 bits per heavy atom. The van der Waals surface area contributed by atoms with E-state index in [1.165, 1.54) is 0 Å². The normalized spacial score (nSPS) is 19.1. The molecular weight excluding hydrogens is 370 g/mol. The van der Waals surface area contributed by atoms with Gasteiger partial charge in [0.25, 0.3) is 0 Å². The van der Waals surface area contributed by atoms with Crippen molar-refractivity contribution < 1.29 is 5.11 Å². The number of nitrogens with one attached hydrogen (secondary N) is 1. The van der Waals surface area contributed by atoms with Gasteiger partial charge < -0.3 is 19.9 Å². The highest BCUT2D eigenvalue weighted by atomic mass is 32.1. The summed E-state index contributed by atoms with van der Waals surface area (Å²) in [5, 5.41) is 13.5. The zero-order valence-electron chi connectivity index (χ0n) is 15.7. The van der Waals surface area contributed by atoms with Crippen LogP contribution in [0.5, 0.6) is 0 Å². The molecule has 144 valence electrons. The van der Waals surface area contributed by atoms with Crippen LogP contribution in [0.3, 0.4) is 0 Å². The molecule has 4 heterocycles. The standard InChI is InChI=1S/C21H23N5OS/c1-15-8-9-18(23-14-15)25-11-4-7-17(25)20-19(16-6-2-3-10-22-16)24-21(28)26(20)12-5-13-27/h2-4,6-11,14,19-20,27H,5,12-13H2,1H3,(H,24,28)/t19-,20-/m1/s1. The number of hydrogen-bond acceptors (Lipinski definition) is 4. The van der Waals surface area contributed by atoms with Crippen molar-refractivity contribution in [3.63, 3.8) is 0 Å². The summed E-state index contributed by atoms with van der Waals surface area (Å²) in [5.41, 5.74) is 3.14. The summed E-state index contributed by atoms with van der Waals surface area (Å²) in [6.45, 7) is 2.82. The van der Waals surface area contributed by atoms with Crippen LogP contribution in [0.4, 0.5) is 0 Å². The van der Waals surface area contributed by atoms with Crippen molar-refractivity contribution in [2.24, 2.45) is 0 Å². The first-order valence-corrected chi connectivity index (χ1v) is 9.79. The first-order valence-electron chi connectivity index (χ1n) is 9.38. The van der Waals surface area contributed by atoms with Crippen LogP contribution in [-0.2, 0) is 0 Å². The molecule has 4 rings (SSSR count). The number of thiocarbonyl (C=S) groups is 1. The predicted molar refractivity (Wildman–Crippen MR) is 112 cm³/mol. The lowest BCUT2D eigenvalue weighted by Gasteiger charge is -2.28. The van der Waals surface area contributed by atoms with E-state index in [1.54, 1.807) is 6.20 Å². The Morgan fingerprint density at radius 3 is 2.75 bits per heavy atom. The maximum Gasteiger partial charge on any atom is 0.170 e. The Balaban J connectivity index is 1.78. The predicted octanol–water partition coefficient (Wildman–Crippen LogP) is 2.93. The monoisotopic (exact) mass is 393 g/mol. The van der Waals surface area contributed by atoms with Crippen LogP contribution in [-0.4, -0.2) is 42.8 Å². The molecule has 0 bridgehead atoms. The van der Waals surface area contributed by atoms with Gasteiger partial charge in [-0.1, -0.05) is 12.1 Å². The highest BCUT2D eigenvalue weighted by Crippen LogP contribution is 2.39. The molecule has 0 saturated carbocycles. The van der Waals surface area contributed by atoms with Gasteiger partial charge in [0.05, 0.1) is 17.8 Å². The van der Waals surface area contributed by atoms with Crippen LogP contribution in [0, 0.1) is 6.92 Å². The van der Waals surface area contributed by atoms with Gasteiger partial charge in [-0.25, -0.2) is 4.98 Å². The second-order valence-electron chi connectivity index (χ2n) is 6.89. The minimum Gasteiger partial charge on any atom is -0.396 e. The van der Waals surface area contributed by atoms with Crippen molar-refractivity contribution in [1.82, 2.24) is 24.8 Å². The van der Waals surface area contributed by atoms with Gasteiger partial charge in [-0.2, -0.15) is 0 Å². The lowest BCUT2D eigenvalue weighted by atomic mass is 10.0. The molecular formula is C21H23N5OS. The van der Waals surface area contributed by atoms with E-state index >= 15 is 0 Å². The zero-order chi connectivity index (χ0) is 19.5. The van der Waals surface area contributed by atoms with Gasteiger partial charge in [0.1, 0.15) is 5.82 Å². The highest BCUT2D eigenvalue weighted by Gasteiger charge is 2.40. The number of nitrogens with zero attached hydrogens (tertiary/aromatic N) is 4. The van der Waals surface area contributed by atoms with E-state index in [9.17, 15) is 5.11 Å². The molecule has 0 aromatic carbocycles. The van der Waals surface area contributed by atoms with Gasteiger partial charge in [0, 0.05) is 37.4 Å². The third-order valence-corrected chi connectivity index (χ3v) is 5.33. The minimum atomic E-state index is -0.0773. The fourth-order valence-electron chi connectivity index (χ4n) is 3.66.